The molecule has 0 saturated carbocycles. The lowest BCUT2D eigenvalue weighted by Crippen LogP contribution is -2.59. The molecule has 14 heteroatoms. The second-order valence-corrected chi connectivity index (χ2v) is 13.3. The molecule has 4 heterocycles. The van der Waals surface area contributed by atoms with Crippen molar-refractivity contribution in [1.29, 1.82) is 0 Å². The number of hydrogen-bond acceptors (Lipinski definition) is 12. The number of aliphatic hydroxyl groups excluding tert-OH is 3. The molecule has 4 aliphatic rings. The van der Waals surface area contributed by atoms with E-state index in [9.17, 15) is 15.3 Å². The average molecular weight is 632 g/mol. The molecule has 14 nitrogen and oxygen atoms in total. The molecule has 4 fully saturated rings. The second-order valence-electron chi connectivity index (χ2n) is 13.3. The fourth-order valence-corrected chi connectivity index (χ4v) is 6.61. The van der Waals surface area contributed by atoms with Crippen LogP contribution < -0.4 is 0 Å². The minimum Gasteiger partial charge on any atom is -0.390 e. The van der Waals surface area contributed by atoms with Crippen LogP contribution in [0, 0.1) is 35.5 Å². The van der Waals surface area contributed by atoms with Gasteiger partial charge < -0.3 is 53.2 Å². The lowest BCUT2D eigenvalue weighted by Gasteiger charge is -2.49. The molecule has 0 aromatic rings. The molecule has 6 unspecified atom stereocenters. The topological polar surface area (TPSA) is 183 Å². The van der Waals surface area contributed by atoms with Crippen LogP contribution in [0.2, 0.25) is 0 Å². The first-order chi connectivity index (χ1) is 20.8. The van der Waals surface area contributed by atoms with Gasteiger partial charge in [-0.25, -0.2) is 0 Å². The van der Waals surface area contributed by atoms with E-state index in [0.717, 1.165) is 0 Å². The smallest absolute Gasteiger partial charge is 0.186 e. The van der Waals surface area contributed by atoms with Crippen molar-refractivity contribution in [3.8, 4) is 0 Å². The van der Waals surface area contributed by atoms with Crippen LogP contribution in [0.4, 0.5) is 0 Å². The van der Waals surface area contributed by atoms with Crippen molar-refractivity contribution in [3.05, 3.63) is 10.4 Å². The first kappa shape index (κ1) is 35.7. The number of hydrogen-bond donors (Lipinski definition) is 3. The molecule has 44 heavy (non-hydrogen) atoms. The van der Waals surface area contributed by atoms with E-state index in [0.29, 0.717) is 6.61 Å². The summed E-state index contributed by atoms with van der Waals surface area (Å²) < 4.78 is 49.2. The van der Waals surface area contributed by atoms with E-state index < -0.39 is 55.7 Å². The Labute approximate surface area is 260 Å². The molecule has 254 valence electrons. The third-order valence-corrected chi connectivity index (χ3v) is 9.96. The van der Waals surface area contributed by atoms with Crippen LogP contribution in [0.25, 0.3) is 10.4 Å². The monoisotopic (exact) mass is 631 g/mol. The number of aliphatic hydroxyl groups is 3. The molecule has 4 rings (SSSR count). The summed E-state index contributed by atoms with van der Waals surface area (Å²) in [5, 5.41) is 36.0. The molecular weight excluding hydrogens is 578 g/mol. The maximum atomic E-state index is 11.5. The normalized spacial score (nSPS) is 50.2. The summed E-state index contributed by atoms with van der Waals surface area (Å²) >= 11 is 0. The van der Waals surface area contributed by atoms with Gasteiger partial charge in [0.15, 0.2) is 25.2 Å². The van der Waals surface area contributed by atoms with Gasteiger partial charge in [-0.05, 0) is 19.4 Å². The summed E-state index contributed by atoms with van der Waals surface area (Å²) in [6.45, 7) is 16.6. The van der Waals surface area contributed by atoms with Crippen LogP contribution in [0.5, 0.6) is 0 Å². The largest absolute Gasteiger partial charge is 0.390 e. The van der Waals surface area contributed by atoms with E-state index in [4.69, 9.17) is 43.4 Å². The maximum absolute atomic E-state index is 11.5. The van der Waals surface area contributed by atoms with Gasteiger partial charge >= 0.3 is 0 Å². The summed E-state index contributed by atoms with van der Waals surface area (Å²) in [6.07, 6.45) is -8.24. The van der Waals surface area contributed by atoms with Crippen molar-refractivity contribution < 1.29 is 53.2 Å². The minimum atomic E-state index is -1.17. The summed E-state index contributed by atoms with van der Waals surface area (Å²) in [7, 11) is 0. The van der Waals surface area contributed by atoms with E-state index in [-0.39, 0.29) is 73.6 Å². The van der Waals surface area contributed by atoms with Crippen molar-refractivity contribution >= 4 is 0 Å². The third-order valence-electron chi connectivity index (χ3n) is 9.96. The standard InChI is InChI=1S/C30H53N3O11/c1-13-11-38-29(22(35)21(13)34)43-26-16(4)20(8)41-28(18(26)6)42-24-14(2)12-39-30(23(24)36)44-25-15(3)19(7)40-27(17(25)5)37-10-9-32-33-31/h13-30,34-36H,9-12H2,1-8H3/t13-,14-,15-,16-,17+,18+,19?,20?,21?,22+,23+,24?,25?,26?,27-,28+,29-,30-/m1/s1. The lowest BCUT2D eigenvalue weighted by atomic mass is 9.85. The van der Waals surface area contributed by atoms with Crippen LogP contribution in [-0.2, 0) is 37.9 Å². The van der Waals surface area contributed by atoms with E-state index in [1.807, 2.05) is 55.4 Å². The summed E-state index contributed by atoms with van der Waals surface area (Å²) in [5.41, 5.74) is 8.54. The molecule has 0 aliphatic carbocycles. The van der Waals surface area contributed by atoms with Gasteiger partial charge in [-0.1, -0.05) is 46.7 Å². The molecule has 0 radical (unpaired) electrons. The molecule has 0 spiro atoms. The molecular formula is C30H53N3O11. The first-order valence-corrected chi connectivity index (χ1v) is 16.0. The molecule has 0 bridgehead atoms. The van der Waals surface area contributed by atoms with Gasteiger partial charge in [0.2, 0.25) is 0 Å². The van der Waals surface area contributed by atoms with E-state index in [2.05, 4.69) is 10.0 Å². The van der Waals surface area contributed by atoms with Crippen LogP contribution in [0.15, 0.2) is 5.11 Å². The number of nitrogens with zero attached hydrogens (tertiary/aromatic N) is 3. The Morgan fingerprint density at radius 2 is 1.14 bits per heavy atom. The zero-order valence-corrected chi connectivity index (χ0v) is 27.2. The van der Waals surface area contributed by atoms with E-state index in [1.165, 1.54) is 0 Å². The van der Waals surface area contributed by atoms with Crippen LogP contribution >= 0.6 is 0 Å². The zero-order chi connectivity index (χ0) is 32.3. The highest BCUT2D eigenvalue weighted by atomic mass is 16.7. The Bertz CT molecular complexity index is 959. The highest BCUT2D eigenvalue weighted by molar-refractivity contribution is 4.91. The molecule has 4 aliphatic heterocycles. The van der Waals surface area contributed by atoms with Crippen molar-refractivity contribution in [2.45, 2.75) is 129 Å². The molecule has 0 aromatic heterocycles. The molecule has 0 aromatic carbocycles. The van der Waals surface area contributed by atoms with Gasteiger partial charge in [0.05, 0.1) is 56.4 Å². The zero-order valence-electron chi connectivity index (χ0n) is 27.2. The van der Waals surface area contributed by atoms with Gasteiger partial charge in [-0.2, -0.15) is 0 Å². The Morgan fingerprint density at radius 1 is 0.636 bits per heavy atom. The van der Waals surface area contributed by atoms with Crippen molar-refractivity contribution in [1.82, 2.24) is 0 Å². The summed E-state index contributed by atoms with van der Waals surface area (Å²) in [6, 6.07) is 0. The van der Waals surface area contributed by atoms with Crippen LogP contribution in [0.3, 0.4) is 0 Å². The Balaban J connectivity index is 1.41. The summed E-state index contributed by atoms with van der Waals surface area (Å²) in [5.74, 6) is -0.899. The van der Waals surface area contributed by atoms with Crippen molar-refractivity contribution in [2.75, 3.05) is 26.4 Å². The number of rotatable bonds is 10. The van der Waals surface area contributed by atoms with Crippen LogP contribution in [-0.4, -0.2) is 116 Å². The minimum absolute atomic E-state index is 0.0164. The lowest BCUT2D eigenvalue weighted by molar-refractivity contribution is -0.355. The number of ether oxygens (including phenoxy) is 8. The quantitative estimate of drug-likeness (QED) is 0.139. The second kappa shape index (κ2) is 15.6. The average Bonchev–Trinajstić information content (AvgIpc) is 2.99. The van der Waals surface area contributed by atoms with E-state index in [1.54, 1.807) is 0 Å². The highest BCUT2D eigenvalue weighted by Crippen LogP contribution is 2.39. The van der Waals surface area contributed by atoms with E-state index >= 15 is 0 Å². The molecule has 3 N–H and O–H groups in total. The molecule has 0 amide bonds. The maximum Gasteiger partial charge on any atom is 0.186 e. The van der Waals surface area contributed by atoms with Crippen LogP contribution in [0.1, 0.15) is 55.4 Å². The fraction of sp³-hybridized carbons (Fsp3) is 1.00. The first-order valence-electron chi connectivity index (χ1n) is 16.0. The third kappa shape index (κ3) is 7.87. The Hall–Kier alpha value is -1.13. The SMILES string of the molecule is CC1O[C@@H](OCCN=[N+]=[N-])[C@@H](C)C(O[C@H]2OC[C@@H](C)C(O[C@@H]3OC(C)[C@@H](C)C(O[C@H]4OC[C@@H](C)C(O)[C@@H]4O)[C@@H]3C)[C@@H]2O)[C@@H]1C. The van der Waals surface area contributed by atoms with Crippen molar-refractivity contribution in [3.63, 3.8) is 0 Å². The molecule has 4 saturated heterocycles. The predicted octanol–water partition coefficient (Wildman–Crippen LogP) is 2.57. The Morgan fingerprint density at radius 3 is 1.73 bits per heavy atom. The van der Waals surface area contributed by atoms with Gasteiger partial charge in [-0.3, -0.25) is 0 Å². The summed E-state index contributed by atoms with van der Waals surface area (Å²) in [4.78, 5) is 2.75. The van der Waals surface area contributed by atoms with Gasteiger partial charge in [-0.15, -0.1) is 0 Å². The number of azide groups is 1. The van der Waals surface area contributed by atoms with Gasteiger partial charge in [0.1, 0.15) is 12.2 Å². The van der Waals surface area contributed by atoms with Crippen molar-refractivity contribution in [2.24, 2.45) is 40.6 Å². The van der Waals surface area contributed by atoms with Gasteiger partial charge in [0, 0.05) is 47.0 Å². The highest BCUT2D eigenvalue weighted by Gasteiger charge is 2.50. The van der Waals surface area contributed by atoms with Gasteiger partial charge in [0.25, 0.3) is 0 Å². The fourth-order valence-electron chi connectivity index (χ4n) is 6.61. The molecule has 18 atom stereocenters. The predicted molar refractivity (Wildman–Crippen MR) is 156 cm³/mol. The Kier molecular flexibility index (Phi) is 12.7.